The molecule has 0 spiro atoms. The van der Waals surface area contributed by atoms with Crippen LogP contribution in [0.25, 0.3) is 0 Å². The second-order valence-electron chi connectivity index (χ2n) is 4.41. The van der Waals surface area contributed by atoms with Gasteiger partial charge in [0.25, 0.3) is 0 Å². The molecule has 1 N–H and O–H groups in total. The zero-order chi connectivity index (χ0) is 14.5. The monoisotopic (exact) mass is 353 g/mol. The molecule has 0 bridgehead atoms. The molecule has 2 rings (SSSR count). The number of benzene rings is 2. The summed E-state index contributed by atoms with van der Waals surface area (Å²) >= 11 is 9.72. The summed E-state index contributed by atoms with van der Waals surface area (Å²) in [4.78, 5) is 0. The van der Waals surface area contributed by atoms with E-state index in [2.05, 4.69) is 34.2 Å². The fraction of sp³-hybridized carbons (Fsp3) is 0.250. The molecule has 0 heterocycles. The molecule has 4 heteroatoms. The van der Waals surface area contributed by atoms with Crippen molar-refractivity contribution >= 4 is 27.5 Å². The van der Waals surface area contributed by atoms with Crippen molar-refractivity contribution in [3.63, 3.8) is 0 Å². The van der Waals surface area contributed by atoms with Crippen LogP contribution in [0.4, 0.5) is 0 Å². The Labute approximate surface area is 133 Å². The predicted molar refractivity (Wildman–Crippen MR) is 87.7 cm³/mol. The highest BCUT2D eigenvalue weighted by atomic mass is 79.9. The molecule has 1 atom stereocenters. The van der Waals surface area contributed by atoms with Crippen molar-refractivity contribution in [3.8, 4) is 5.75 Å². The summed E-state index contributed by atoms with van der Waals surface area (Å²) < 4.78 is 6.39. The van der Waals surface area contributed by atoms with E-state index in [0.29, 0.717) is 10.8 Å². The van der Waals surface area contributed by atoms with Crippen molar-refractivity contribution in [2.75, 3.05) is 13.7 Å². The molecule has 0 fully saturated rings. The first kappa shape index (κ1) is 15.4. The van der Waals surface area contributed by atoms with Crippen molar-refractivity contribution in [3.05, 3.63) is 63.1 Å². The molecule has 0 aliphatic carbocycles. The smallest absolute Gasteiger partial charge is 0.137 e. The lowest BCUT2D eigenvalue weighted by molar-refractivity contribution is 0.414. The number of hydrogen-bond acceptors (Lipinski definition) is 2. The largest absolute Gasteiger partial charge is 0.495 e. The first-order chi connectivity index (χ1) is 9.67. The lowest BCUT2D eigenvalue weighted by Crippen LogP contribution is -2.22. The minimum absolute atomic E-state index is 0.0988. The van der Waals surface area contributed by atoms with Crippen LogP contribution in [0.3, 0.4) is 0 Å². The van der Waals surface area contributed by atoms with E-state index in [9.17, 15) is 0 Å². The molecule has 2 nitrogen and oxygen atoms in total. The van der Waals surface area contributed by atoms with Crippen molar-refractivity contribution in [1.29, 1.82) is 0 Å². The van der Waals surface area contributed by atoms with Gasteiger partial charge in [0.2, 0.25) is 0 Å². The van der Waals surface area contributed by atoms with E-state index in [-0.39, 0.29) is 6.04 Å². The van der Waals surface area contributed by atoms with Gasteiger partial charge in [0.15, 0.2) is 0 Å². The summed E-state index contributed by atoms with van der Waals surface area (Å²) in [5, 5.41) is 4.12. The van der Waals surface area contributed by atoms with Crippen molar-refractivity contribution in [2.45, 2.75) is 13.0 Å². The molecule has 20 heavy (non-hydrogen) atoms. The van der Waals surface area contributed by atoms with E-state index in [0.717, 1.165) is 16.6 Å². The third kappa shape index (κ3) is 3.35. The van der Waals surface area contributed by atoms with Gasteiger partial charge in [-0.1, -0.05) is 58.7 Å². The van der Waals surface area contributed by atoms with E-state index in [1.54, 1.807) is 7.11 Å². The summed E-state index contributed by atoms with van der Waals surface area (Å²) in [6, 6.07) is 14.2. The van der Waals surface area contributed by atoms with Crippen LogP contribution in [0.1, 0.15) is 24.1 Å². The third-order valence-electron chi connectivity index (χ3n) is 3.13. The van der Waals surface area contributed by atoms with Gasteiger partial charge < -0.3 is 10.1 Å². The fourth-order valence-corrected chi connectivity index (χ4v) is 2.89. The van der Waals surface area contributed by atoms with Gasteiger partial charge in [0, 0.05) is 4.47 Å². The zero-order valence-electron chi connectivity index (χ0n) is 11.5. The Kier molecular flexibility index (Phi) is 5.46. The van der Waals surface area contributed by atoms with E-state index >= 15 is 0 Å². The van der Waals surface area contributed by atoms with Gasteiger partial charge in [-0.25, -0.2) is 0 Å². The van der Waals surface area contributed by atoms with Gasteiger partial charge in [-0.05, 0) is 35.9 Å². The molecular formula is C16H17BrClNO. The number of halogens is 2. The number of methoxy groups -OCH3 is 1. The topological polar surface area (TPSA) is 21.3 Å². The molecule has 0 amide bonds. The van der Waals surface area contributed by atoms with Gasteiger partial charge in [0.05, 0.1) is 18.2 Å². The highest BCUT2D eigenvalue weighted by molar-refractivity contribution is 9.10. The minimum Gasteiger partial charge on any atom is -0.495 e. The van der Waals surface area contributed by atoms with Crippen LogP contribution in [-0.2, 0) is 0 Å². The molecular weight excluding hydrogens is 338 g/mol. The standard InChI is InChI=1S/C16H17BrClNO/c1-3-19-16(12-6-4-5-7-13(12)17)11-8-9-14(18)15(10-11)20-2/h4-10,16,19H,3H2,1-2H3. The van der Waals surface area contributed by atoms with E-state index in [1.807, 2.05) is 36.4 Å². The lowest BCUT2D eigenvalue weighted by Gasteiger charge is -2.21. The minimum atomic E-state index is 0.0988. The van der Waals surface area contributed by atoms with Crippen LogP contribution < -0.4 is 10.1 Å². The second-order valence-corrected chi connectivity index (χ2v) is 5.67. The van der Waals surface area contributed by atoms with E-state index in [1.165, 1.54) is 5.56 Å². The quantitative estimate of drug-likeness (QED) is 0.832. The summed E-state index contributed by atoms with van der Waals surface area (Å²) in [7, 11) is 1.63. The number of rotatable bonds is 5. The summed E-state index contributed by atoms with van der Waals surface area (Å²) in [6.45, 7) is 2.97. The Morgan fingerprint density at radius 3 is 2.65 bits per heavy atom. The van der Waals surface area contributed by atoms with Crippen LogP contribution >= 0.6 is 27.5 Å². The molecule has 0 aliphatic rings. The van der Waals surface area contributed by atoms with Crippen LogP contribution in [0.2, 0.25) is 5.02 Å². The molecule has 0 saturated heterocycles. The average Bonchev–Trinajstić information content (AvgIpc) is 2.46. The first-order valence-electron chi connectivity index (χ1n) is 6.48. The maximum atomic E-state index is 6.10. The summed E-state index contributed by atoms with van der Waals surface area (Å²) in [5.41, 5.74) is 2.32. The van der Waals surface area contributed by atoms with Crippen molar-refractivity contribution in [1.82, 2.24) is 5.32 Å². The SMILES string of the molecule is CCNC(c1ccc(Cl)c(OC)c1)c1ccccc1Br. The van der Waals surface area contributed by atoms with E-state index < -0.39 is 0 Å². The van der Waals surface area contributed by atoms with Crippen molar-refractivity contribution in [2.24, 2.45) is 0 Å². The summed E-state index contributed by atoms with van der Waals surface area (Å²) in [6.07, 6.45) is 0. The Hall–Kier alpha value is -1.03. The van der Waals surface area contributed by atoms with Gasteiger partial charge >= 0.3 is 0 Å². The predicted octanol–water partition coefficient (Wildman–Crippen LogP) is 4.81. The fourth-order valence-electron chi connectivity index (χ4n) is 2.18. The highest BCUT2D eigenvalue weighted by Crippen LogP contribution is 2.33. The number of nitrogens with one attached hydrogen (secondary N) is 1. The average molecular weight is 355 g/mol. The zero-order valence-corrected chi connectivity index (χ0v) is 13.8. The molecule has 2 aromatic rings. The third-order valence-corrected chi connectivity index (χ3v) is 4.17. The Bertz CT molecular complexity index is 588. The van der Waals surface area contributed by atoms with Crippen LogP contribution in [0, 0.1) is 0 Å². The maximum Gasteiger partial charge on any atom is 0.137 e. The Morgan fingerprint density at radius 2 is 2.00 bits per heavy atom. The maximum absolute atomic E-state index is 6.10. The van der Waals surface area contributed by atoms with Gasteiger partial charge in [0.1, 0.15) is 5.75 Å². The first-order valence-corrected chi connectivity index (χ1v) is 7.65. The van der Waals surface area contributed by atoms with Crippen LogP contribution in [0.5, 0.6) is 5.75 Å². The molecule has 0 radical (unpaired) electrons. The van der Waals surface area contributed by atoms with Gasteiger partial charge in [-0.3, -0.25) is 0 Å². The second kappa shape index (κ2) is 7.11. The molecule has 0 saturated carbocycles. The lowest BCUT2D eigenvalue weighted by atomic mass is 9.98. The Balaban J connectivity index is 2.46. The normalized spacial score (nSPS) is 12.2. The van der Waals surface area contributed by atoms with Crippen LogP contribution in [-0.4, -0.2) is 13.7 Å². The highest BCUT2D eigenvalue weighted by Gasteiger charge is 2.16. The number of ether oxygens (including phenoxy) is 1. The molecule has 2 aromatic carbocycles. The molecule has 1 unspecified atom stereocenters. The number of hydrogen-bond donors (Lipinski definition) is 1. The molecule has 106 valence electrons. The van der Waals surface area contributed by atoms with Gasteiger partial charge in [-0.2, -0.15) is 0 Å². The Morgan fingerprint density at radius 1 is 1.25 bits per heavy atom. The van der Waals surface area contributed by atoms with Crippen molar-refractivity contribution < 1.29 is 4.74 Å². The summed E-state index contributed by atoms with van der Waals surface area (Å²) in [5.74, 6) is 0.694. The van der Waals surface area contributed by atoms with Crippen LogP contribution in [0.15, 0.2) is 46.9 Å². The molecule has 0 aliphatic heterocycles. The molecule has 0 aromatic heterocycles. The van der Waals surface area contributed by atoms with E-state index in [4.69, 9.17) is 16.3 Å². The van der Waals surface area contributed by atoms with Gasteiger partial charge in [-0.15, -0.1) is 0 Å².